The van der Waals surface area contributed by atoms with Gasteiger partial charge in [0.15, 0.2) is 5.69 Å². The van der Waals surface area contributed by atoms with Crippen LogP contribution in [0.1, 0.15) is 39.1 Å². The van der Waals surface area contributed by atoms with Crippen LogP contribution in [0.5, 0.6) is 0 Å². The van der Waals surface area contributed by atoms with E-state index in [1.54, 1.807) is 39.8 Å². The second-order valence-corrected chi connectivity index (χ2v) is 7.05. The second-order valence-electron chi connectivity index (χ2n) is 7.05. The zero-order chi connectivity index (χ0) is 18.3. The lowest BCUT2D eigenvalue weighted by molar-refractivity contribution is -0.141. The van der Waals surface area contributed by atoms with Gasteiger partial charge in [0.2, 0.25) is 0 Å². The van der Waals surface area contributed by atoms with Gasteiger partial charge < -0.3 is 10.8 Å². The third-order valence-corrected chi connectivity index (χ3v) is 3.31. The van der Waals surface area contributed by atoms with Crippen LogP contribution in [0.4, 0.5) is 13.2 Å². The highest BCUT2D eigenvalue weighted by Gasteiger charge is 2.35. The molecule has 0 unspecified atom stereocenters. The van der Waals surface area contributed by atoms with Crippen LogP contribution in [0.25, 0.3) is 11.3 Å². The number of alkyl halides is 3. The minimum Gasteiger partial charge on any atom is -0.384 e. The lowest BCUT2D eigenvalue weighted by atomic mass is 10.0. The summed E-state index contributed by atoms with van der Waals surface area (Å²) in [7, 11) is 0. The molecule has 0 aliphatic rings. The molecule has 0 bridgehead atoms. The fraction of sp³-hybridized carbons (Fsp3) is 0.500. The van der Waals surface area contributed by atoms with Crippen LogP contribution >= 0.6 is 12.4 Å². The minimum atomic E-state index is -4.54. The summed E-state index contributed by atoms with van der Waals surface area (Å²) in [5, 5.41) is 13.6. The van der Waals surface area contributed by atoms with Gasteiger partial charge in [-0.25, -0.2) is 0 Å². The molecule has 0 aliphatic carbocycles. The molecule has 9 heteroatoms. The lowest BCUT2D eigenvalue weighted by Gasteiger charge is -2.20. The third-order valence-electron chi connectivity index (χ3n) is 3.31. The average molecular weight is 379 g/mol. The minimum absolute atomic E-state index is 0. The van der Waals surface area contributed by atoms with Crippen LogP contribution in [0.2, 0.25) is 0 Å². The van der Waals surface area contributed by atoms with Gasteiger partial charge >= 0.3 is 6.18 Å². The van der Waals surface area contributed by atoms with Crippen LogP contribution in [-0.4, -0.2) is 25.4 Å². The molecule has 0 amide bonds. The van der Waals surface area contributed by atoms with E-state index < -0.39 is 23.0 Å². The smallest absolute Gasteiger partial charge is 0.384 e. The predicted molar refractivity (Wildman–Crippen MR) is 91.2 cm³/mol. The van der Waals surface area contributed by atoms with E-state index in [0.717, 1.165) is 6.07 Å². The quantitative estimate of drug-likeness (QED) is 0.855. The van der Waals surface area contributed by atoms with Crippen molar-refractivity contribution in [2.24, 2.45) is 5.73 Å². The Morgan fingerprint density at radius 3 is 2.12 bits per heavy atom. The van der Waals surface area contributed by atoms with Crippen molar-refractivity contribution >= 4 is 12.4 Å². The highest BCUT2D eigenvalue weighted by Crippen LogP contribution is 2.32. The molecule has 0 spiro atoms. The Labute approximate surface area is 150 Å². The molecule has 0 aromatic carbocycles. The number of hydrogen-bond donors (Lipinski definition) is 2. The van der Waals surface area contributed by atoms with Gasteiger partial charge in [-0.15, -0.1) is 12.4 Å². The van der Waals surface area contributed by atoms with Crippen molar-refractivity contribution in [1.29, 1.82) is 0 Å². The number of rotatable bonds is 4. The topological polar surface area (TPSA) is 77.0 Å². The summed E-state index contributed by atoms with van der Waals surface area (Å²) in [6.07, 6.45) is -3.12. The molecule has 140 valence electrons. The molecule has 5 nitrogen and oxygen atoms in total. The Balaban J connectivity index is 0.00000312. The van der Waals surface area contributed by atoms with Gasteiger partial charge in [0.25, 0.3) is 0 Å². The first kappa shape index (κ1) is 21.4. The first-order chi connectivity index (χ1) is 10.8. The van der Waals surface area contributed by atoms with Gasteiger partial charge in [-0.3, -0.25) is 9.67 Å². The number of halogens is 4. The standard InChI is InChI=1S/C16H21F3N4O.ClH/c1-14(2,20)9-23-11(7-13(22-23)16(17,18)19)10-5-6-12(21-8-10)15(3,4)24;/h5-8,24H,9,20H2,1-4H3;1H. The van der Waals surface area contributed by atoms with Crippen molar-refractivity contribution in [3.05, 3.63) is 35.8 Å². The van der Waals surface area contributed by atoms with Crippen molar-refractivity contribution in [3.8, 4) is 11.3 Å². The van der Waals surface area contributed by atoms with Gasteiger partial charge in [-0.1, -0.05) is 0 Å². The first-order valence-electron chi connectivity index (χ1n) is 7.40. The Hall–Kier alpha value is -1.64. The molecule has 2 aromatic heterocycles. The molecule has 0 fully saturated rings. The number of aliphatic hydroxyl groups is 1. The average Bonchev–Trinajstić information content (AvgIpc) is 2.79. The summed E-state index contributed by atoms with van der Waals surface area (Å²) in [6.45, 7) is 6.70. The number of nitrogens with two attached hydrogens (primary N) is 1. The molecule has 0 aliphatic heterocycles. The molecule has 0 saturated carbocycles. The molecule has 2 rings (SSSR count). The molecule has 0 atom stereocenters. The van der Waals surface area contributed by atoms with E-state index in [-0.39, 0.29) is 24.6 Å². The molecule has 3 N–H and O–H groups in total. The normalized spacial score (nSPS) is 12.8. The maximum Gasteiger partial charge on any atom is 0.435 e. The fourth-order valence-electron chi connectivity index (χ4n) is 2.20. The van der Waals surface area contributed by atoms with Crippen molar-refractivity contribution in [2.75, 3.05) is 0 Å². The van der Waals surface area contributed by atoms with Gasteiger partial charge in [0, 0.05) is 17.3 Å². The van der Waals surface area contributed by atoms with E-state index in [9.17, 15) is 18.3 Å². The number of hydrogen-bond acceptors (Lipinski definition) is 4. The predicted octanol–water partition coefficient (Wildman–Crippen LogP) is 3.35. The van der Waals surface area contributed by atoms with Gasteiger partial charge in [0.05, 0.1) is 17.9 Å². The van der Waals surface area contributed by atoms with E-state index in [4.69, 9.17) is 5.73 Å². The monoisotopic (exact) mass is 378 g/mol. The first-order valence-corrected chi connectivity index (χ1v) is 7.40. The van der Waals surface area contributed by atoms with Crippen molar-refractivity contribution in [3.63, 3.8) is 0 Å². The van der Waals surface area contributed by atoms with Crippen LogP contribution in [0, 0.1) is 0 Å². The Kier molecular flexibility index (Phi) is 5.94. The van der Waals surface area contributed by atoms with Crippen molar-refractivity contribution in [2.45, 2.75) is 51.6 Å². The SMILES string of the molecule is CC(C)(N)Cn1nc(C(F)(F)F)cc1-c1ccc(C(C)(C)O)nc1.Cl. The summed E-state index contributed by atoms with van der Waals surface area (Å²) in [6, 6.07) is 4.16. The summed E-state index contributed by atoms with van der Waals surface area (Å²) in [4.78, 5) is 4.13. The molecule has 2 heterocycles. The number of pyridine rings is 1. The van der Waals surface area contributed by atoms with E-state index in [0.29, 0.717) is 11.3 Å². The van der Waals surface area contributed by atoms with Gasteiger partial charge in [-0.2, -0.15) is 18.3 Å². The Morgan fingerprint density at radius 2 is 1.72 bits per heavy atom. The summed E-state index contributed by atoms with van der Waals surface area (Å²) in [5.41, 5.74) is 4.25. The largest absolute Gasteiger partial charge is 0.435 e. The van der Waals surface area contributed by atoms with Crippen LogP contribution in [-0.2, 0) is 18.3 Å². The molecular weight excluding hydrogens is 357 g/mol. The van der Waals surface area contributed by atoms with Crippen LogP contribution in [0.15, 0.2) is 24.4 Å². The second kappa shape index (κ2) is 6.93. The van der Waals surface area contributed by atoms with Crippen LogP contribution in [0.3, 0.4) is 0 Å². The van der Waals surface area contributed by atoms with Crippen LogP contribution < -0.4 is 5.73 Å². The number of nitrogens with zero attached hydrogens (tertiary/aromatic N) is 3. The van der Waals surface area contributed by atoms with Gasteiger partial charge in [0.1, 0.15) is 5.60 Å². The molecule has 25 heavy (non-hydrogen) atoms. The number of aromatic nitrogens is 3. The zero-order valence-corrected chi connectivity index (χ0v) is 15.2. The van der Waals surface area contributed by atoms with E-state index >= 15 is 0 Å². The highest BCUT2D eigenvalue weighted by molar-refractivity contribution is 5.85. The zero-order valence-electron chi connectivity index (χ0n) is 14.4. The highest BCUT2D eigenvalue weighted by atomic mass is 35.5. The molecular formula is C16H22ClF3N4O. The van der Waals surface area contributed by atoms with E-state index in [1.165, 1.54) is 10.9 Å². The maximum absolute atomic E-state index is 13.0. The summed E-state index contributed by atoms with van der Waals surface area (Å²) >= 11 is 0. The molecule has 2 aromatic rings. The van der Waals surface area contributed by atoms with E-state index in [1.807, 2.05) is 0 Å². The lowest BCUT2D eigenvalue weighted by Crippen LogP contribution is -2.37. The van der Waals surface area contributed by atoms with Crippen molar-refractivity contribution < 1.29 is 18.3 Å². The van der Waals surface area contributed by atoms with Crippen molar-refractivity contribution in [1.82, 2.24) is 14.8 Å². The molecule has 0 radical (unpaired) electrons. The molecule has 0 saturated heterocycles. The van der Waals surface area contributed by atoms with Gasteiger partial charge in [-0.05, 0) is 45.9 Å². The Morgan fingerprint density at radius 1 is 1.12 bits per heavy atom. The maximum atomic E-state index is 13.0. The Bertz CT molecular complexity index is 713. The third kappa shape index (κ3) is 5.42. The van der Waals surface area contributed by atoms with E-state index in [2.05, 4.69) is 10.1 Å². The fourth-order valence-corrected chi connectivity index (χ4v) is 2.20. The summed E-state index contributed by atoms with van der Waals surface area (Å²) < 4.78 is 40.2. The summed E-state index contributed by atoms with van der Waals surface area (Å²) in [5.74, 6) is 0.